The summed E-state index contributed by atoms with van der Waals surface area (Å²) in [7, 11) is 0. The average molecular weight is 467 g/mol. The van der Waals surface area contributed by atoms with E-state index >= 15 is 0 Å². The number of carbonyl (C=O) groups is 2. The summed E-state index contributed by atoms with van der Waals surface area (Å²) in [6.45, 7) is 0.364. The van der Waals surface area contributed by atoms with E-state index in [0.717, 1.165) is 38.5 Å². The quantitative estimate of drug-likeness (QED) is 0.149. The van der Waals surface area contributed by atoms with Gasteiger partial charge in [-0.15, -0.1) is 0 Å². The standard InChI is InChI=1S/C26H42O7/c27-21(28)24-17-14-15-18-25(24,33-24)22(29)30-20-16-12-10-8-6-4-2-1-3-5-7-9-11-13-19-26-23(31-26)32-26/h23H,1-20H2,(H,27,28). The van der Waals surface area contributed by atoms with Gasteiger partial charge in [0.05, 0.1) is 6.61 Å². The molecule has 0 spiro atoms. The zero-order valence-corrected chi connectivity index (χ0v) is 20.1. The Morgan fingerprint density at radius 1 is 0.727 bits per heavy atom. The number of carboxylic acid groups (broad SMARTS) is 1. The second kappa shape index (κ2) is 11.0. The molecule has 1 aliphatic carbocycles. The maximum atomic E-state index is 12.4. The van der Waals surface area contributed by atoms with Crippen LogP contribution < -0.4 is 0 Å². The Labute approximate surface area is 197 Å². The maximum absolute atomic E-state index is 12.4. The predicted octanol–water partition coefficient (Wildman–Crippen LogP) is 5.63. The molecule has 4 aliphatic rings. The summed E-state index contributed by atoms with van der Waals surface area (Å²) >= 11 is 0. The van der Waals surface area contributed by atoms with Gasteiger partial charge >= 0.3 is 11.9 Å². The van der Waals surface area contributed by atoms with Gasteiger partial charge in [-0.3, -0.25) is 0 Å². The topological polar surface area (TPSA) is 101 Å². The number of esters is 1. The van der Waals surface area contributed by atoms with Gasteiger partial charge in [-0.2, -0.15) is 0 Å². The smallest absolute Gasteiger partial charge is 0.342 e. The average Bonchev–Trinajstić information content (AvgIpc) is 3.70. The summed E-state index contributed by atoms with van der Waals surface area (Å²) < 4.78 is 21.5. The van der Waals surface area contributed by atoms with Crippen molar-refractivity contribution in [3.8, 4) is 0 Å². The Morgan fingerprint density at radius 3 is 1.67 bits per heavy atom. The van der Waals surface area contributed by atoms with Gasteiger partial charge < -0.3 is 24.1 Å². The molecule has 4 fully saturated rings. The van der Waals surface area contributed by atoms with Crippen LogP contribution in [0.1, 0.15) is 122 Å². The second-order valence-corrected chi connectivity index (χ2v) is 10.5. The van der Waals surface area contributed by atoms with E-state index in [1.807, 2.05) is 0 Å². The minimum Gasteiger partial charge on any atom is -0.479 e. The van der Waals surface area contributed by atoms with Crippen molar-refractivity contribution in [2.45, 2.75) is 145 Å². The maximum Gasteiger partial charge on any atom is 0.342 e. The first-order valence-electron chi connectivity index (χ1n) is 13.5. The SMILES string of the molecule is O=C(O)C12CCCCC1(C(=O)OCCCCCCCCCCCCCCCCC13OC1O3)O2. The minimum atomic E-state index is -1.32. The molecule has 1 saturated carbocycles. The van der Waals surface area contributed by atoms with Crippen LogP contribution in [-0.2, 0) is 28.5 Å². The van der Waals surface area contributed by atoms with E-state index in [4.69, 9.17) is 18.9 Å². The zero-order chi connectivity index (χ0) is 23.2. The molecule has 3 saturated heterocycles. The fourth-order valence-corrected chi connectivity index (χ4v) is 5.57. The van der Waals surface area contributed by atoms with E-state index in [1.54, 1.807) is 0 Å². The number of unbranched alkanes of at least 4 members (excludes halogenated alkanes) is 13. The fourth-order valence-electron chi connectivity index (χ4n) is 5.57. The van der Waals surface area contributed by atoms with Crippen molar-refractivity contribution in [2.24, 2.45) is 0 Å². The number of epoxide rings is 3. The van der Waals surface area contributed by atoms with Crippen molar-refractivity contribution in [1.29, 1.82) is 0 Å². The molecule has 2 unspecified atom stereocenters. The number of hydrogen-bond donors (Lipinski definition) is 1. The van der Waals surface area contributed by atoms with E-state index in [1.165, 1.54) is 70.6 Å². The number of rotatable bonds is 19. The first-order chi connectivity index (χ1) is 16.0. The first kappa shape index (κ1) is 24.9. The lowest BCUT2D eigenvalue weighted by Crippen LogP contribution is -2.43. The third kappa shape index (κ3) is 5.91. The van der Waals surface area contributed by atoms with Crippen LogP contribution in [0.15, 0.2) is 0 Å². The summed E-state index contributed by atoms with van der Waals surface area (Å²) in [6, 6.07) is 0. The highest BCUT2D eigenvalue weighted by Crippen LogP contribution is 2.59. The van der Waals surface area contributed by atoms with Gasteiger partial charge in [-0.05, 0) is 38.5 Å². The molecule has 4 rings (SSSR count). The zero-order valence-electron chi connectivity index (χ0n) is 20.1. The minimum absolute atomic E-state index is 0.0931. The van der Waals surface area contributed by atoms with Gasteiger partial charge in [0, 0.05) is 6.42 Å². The molecule has 0 aromatic heterocycles. The van der Waals surface area contributed by atoms with Crippen molar-refractivity contribution >= 4 is 11.9 Å². The van der Waals surface area contributed by atoms with Crippen LogP contribution in [0.3, 0.4) is 0 Å². The van der Waals surface area contributed by atoms with Crippen LogP contribution in [0, 0.1) is 0 Å². The van der Waals surface area contributed by atoms with E-state index in [2.05, 4.69) is 0 Å². The molecule has 0 amide bonds. The predicted molar refractivity (Wildman–Crippen MR) is 122 cm³/mol. The van der Waals surface area contributed by atoms with E-state index in [-0.39, 0.29) is 12.1 Å². The Morgan fingerprint density at radius 2 is 1.18 bits per heavy atom. The molecular formula is C26H42O7. The van der Waals surface area contributed by atoms with E-state index in [9.17, 15) is 14.7 Å². The Hall–Kier alpha value is -1.18. The largest absolute Gasteiger partial charge is 0.479 e. The molecule has 3 heterocycles. The van der Waals surface area contributed by atoms with Crippen LogP contribution in [0.25, 0.3) is 0 Å². The van der Waals surface area contributed by atoms with Crippen molar-refractivity contribution < 1.29 is 33.6 Å². The van der Waals surface area contributed by atoms with Gasteiger partial charge in [0.25, 0.3) is 0 Å². The van der Waals surface area contributed by atoms with Crippen molar-refractivity contribution in [3.05, 3.63) is 0 Å². The molecule has 2 atom stereocenters. The molecule has 3 aliphatic heterocycles. The molecule has 0 aromatic rings. The summed E-state index contributed by atoms with van der Waals surface area (Å²) in [6.07, 6.45) is 21.3. The first-order valence-corrected chi connectivity index (χ1v) is 13.5. The molecule has 0 aromatic carbocycles. The van der Waals surface area contributed by atoms with Crippen LogP contribution in [0.5, 0.6) is 0 Å². The number of carboxylic acids is 1. The summed E-state index contributed by atoms with van der Waals surface area (Å²) in [5, 5.41) is 9.45. The Bertz CT molecular complexity index is 674. The van der Waals surface area contributed by atoms with Crippen LogP contribution in [-0.4, -0.2) is 46.9 Å². The Balaban J connectivity index is 0.886. The molecule has 0 radical (unpaired) electrons. The number of fused-ring (bicyclic) bond motifs is 2. The lowest BCUT2D eigenvalue weighted by atomic mass is 9.79. The molecule has 0 bridgehead atoms. The molecular weight excluding hydrogens is 424 g/mol. The third-order valence-electron chi connectivity index (χ3n) is 7.95. The normalized spacial score (nSPS) is 33.2. The number of aliphatic carboxylic acids is 1. The van der Waals surface area contributed by atoms with Crippen molar-refractivity contribution in [1.82, 2.24) is 0 Å². The summed E-state index contributed by atoms with van der Waals surface area (Å²) in [4.78, 5) is 24.0. The van der Waals surface area contributed by atoms with E-state index in [0.29, 0.717) is 19.4 Å². The summed E-state index contributed by atoms with van der Waals surface area (Å²) in [5.74, 6) is -1.59. The van der Waals surface area contributed by atoms with Crippen LogP contribution in [0.4, 0.5) is 0 Å². The number of hydrogen-bond acceptors (Lipinski definition) is 6. The molecule has 7 heteroatoms. The molecule has 7 nitrogen and oxygen atoms in total. The van der Waals surface area contributed by atoms with Gasteiger partial charge in [0.2, 0.25) is 23.3 Å². The number of ether oxygens (including phenoxy) is 4. The Kier molecular flexibility index (Phi) is 8.34. The lowest BCUT2D eigenvalue weighted by molar-refractivity contribution is -0.152. The van der Waals surface area contributed by atoms with Gasteiger partial charge in [0.15, 0.2) is 0 Å². The van der Waals surface area contributed by atoms with E-state index < -0.39 is 23.1 Å². The number of carbonyl (C=O) groups excluding carboxylic acids is 1. The lowest BCUT2D eigenvalue weighted by Gasteiger charge is -2.20. The van der Waals surface area contributed by atoms with Gasteiger partial charge in [-0.25, -0.2) is 9.59 Å². The fraction of sp³-hybridized carbons (Fsp3) is 0.923. The van der Waals surface area contributed by atoms with Crippen molar-refractivity contribution in [3.63, 3.8) is 0 Å². The summed E-state index contributed by atoms with van der Waals surface area (Å²) in [5.41, 5.74) is -2.53. The van der Waals surface area contributed by atoms with Gasteiger partial charge in [-0.1, -0.05) is 77.0 Å². The highest BCUT2D eigenvalue weighted by molar-refractivity contribution is 5.97. The van der Waals surface area contributed by atoms with Crippen molar-refractivity contribution in [2.75, 3.05) is 6.61 Å². The molecule has 188 valence electrons. The molecule has 1 N–H and O–H groups in total. The second-order valence-electron chi connectivity index (χ2n) is 10.5. The van der Waals surface area contributed by atoms with Crippen LogP contribution >= 0.6 is 0 Å². The third-order valence-corrected chi connectivity index (χ3v) is 7.95. The van der Waals surface area contributed by atoms with Gasteiger partial charge in [0.1, 0.15) is 0 Å². The molecule has 33 heavy (non-hydrogen) atoms. The highest BCUT2D eigenvalue weighted by Gasteiger charge is 2.80. The van der Waals surface area contributed by atoms with Crippen LogP contribution in [0.2, 0.25) is 0 Å². The monoisotopic (exact) mass is 466 g/mol. The highest BCUT2D eigenvalue weighted by atomic mass is 17.0.